The van der Waals surface area contributed by atoms with Crippen LogP contribution in [0.1, 0.15) is 43.5 Å². The van der Waals surface area contributed by atoms with Crippen molar-refractivity contribution in [3.05, 3.63) is 42.0 Å². The summed E-state index contributed by atoms with van der Waals surface area (Å²) in [5, 5.41) is 3.66. The fraction of sp³-hybridized carbons (Fsp3) is 0.550. The molecule has 1 N–H and O–H groups in total. The highest BCUT2D eigenvalue weighted by Crippen LogP contribution is 2.30. The van der Waals surface area contributed by atoms with Gasteiger partial charge in [-0.2, -0.15) is 0 Å². The minimum Gasteiger partial charge on any atom is -0.493 e. The van der Waals surface area contributed by atoms with Crippen LogP contribution in [0.25, 0.3) is 0 Å². The summed E-state index contributed by atoms with van der Waals surface area (Å²) in [7, 11) is 3.69. The second-order valence-electron chi connectivity index (χ2n) is 6.72. The van der Waals surface area contributed by atoms with Gasteiger partial charge in [0.15, 0.2) is 11.5 Å². The zero-order chi connectivity index (χ0) is 18.4. The molecular weight excluding hydrogens is 330 g/mol. The van der Waals surface area contributed by atoms with E-state index in [0.717, 1.165) is 49.6 Å². The molecule has 2 unspecified atom stereocenters. The molecule has 142 valence electrons. The van der Waals surface area contributed by atoms with Crippen molar-refractivity contribution in [2.24, 2.45) is 7.05 Å². The highest BCUT2D eigenvalue weighted by Gasteiger charge is 2.25. The minimum absolute atomic E-state index is 0.105. The summed E-state index contributed by atoms with van der Waals surface area (Å²) in [6.07, 6.45) is 6.77. The Bertz CT molecular complexity index is 701. The topological polar surface area (TPSA) is 57.5 Å². The second-order valence-corrected chi connectivity index (χ2v) is 6.72. The molecule has 1 aliphatic rings. The average Bonchev–Trinajstić information content (AvgIpc) is 3.11. The number of imidazole rings is 1. The first kappa shape index (κ1) is 18.7. The number of aromatic nitrogens is 2. The lowest BCUT2D eigenvalue weighted by molar-refractivity contribution is -0.00404. The van der Waals surface area contributed by atoms with E-state index in [0.29, 0.717) is 12.6 Å². The molecule has 1 aromatic carbocycles. The minimum atomic E-state index is 0.105. The van der Waals surface area contributed by atoms with Gasteiger partial charge < -0.3 is 24.1 Å². The molecule has 0 amide bonds. The third-order valence-corrected chi connectivity index (χ3v) is 4.75. The molecule has 0 saturated carbocycles. The molecule has 1 fully saturated rings. The fourth-order valence-corrected chi connectivity index (χ4v) is 3.28. The Balaban J connectivity index is 1.59. The summed E-state index contributed by atoms with van der Waals surface area (Å²) in [4.78, 5) is 4.20. The number of hydrogen-bond donors (Lipinski definition) is 1. The number of nitrogens with one attached hydrogen (secondary N) is 1. The van der Waals surface area contributed by atoms with Gasteiger partial charge in [-0.05, 0) is 37.0 Å². The Labute approximate surface area is 155 Å². The summed E-state index contributed by atoms with van der Waals surface area (Å²) in [5.74, 6) is 1.60. The monoisotopic (exact) mass is 359 g/mol. The van der Waals surface area contributed by atoms with Crippen molar-refractivity contribution in [2.45, 2.75) is 44.9 Å². The molecule has 26 heavy (non-hydrogen) atoms. The largest absolute Gasteiger partial charge is 0.493 e. The van der Waals surface area contributed by atoms with Gasteiger partial charge >= 0.3 is 0 Å². The van der Waals surface area contributed by atoms with Crippen LogP contribution < -0.4 is 14.8 Å². The third kappa shape index (κ3) is 4.56. The molecule has 3 rings (SSSR count). The van der Waals surface area contributed by atoms with Gasteiger partial charge in [0, 0.05) is 26.2 Å². The van der Waals surface area contributed by atoms with Crippen LogP contribution in [0.15, 0.2) is 30.7 Å². The summed E-state index contributed by atoms with van der Waals surface area (Å²) in [5.41, 5.74) is 2.33. The normalized spacial score (nSPS) is 20.1. The molecule has 0 spiro atoms. The molecule has 1 aromatic heterocycles. The Morgan fingerprint density at radius 2 is 2.23 bits per heavy atom. The van der Waals surface area contributed by atoms with Crippen molar-refractivity contribution in [1.29, 1.82) is 0 Å². The van der Waals surface area contributed by atoms with E-state index in [-0.39, 0.29) is 6.10 Å². The number of ether oxygens (including phenoxy) is 3. The zero-order valence-electron chi connectivity index (χ0n) is 15.9. The Morgan fingerprint density at radius 1 is 1.35 bits per heavy atom. The van der Waals surface area contributed by atoms with E-state index < -0.39 is 0 Å². The van der Waals surface area contributed by atoms with Crippen molar-refractivity contribution >= 4 is 0 Å². The first-order chi connectivity index (χ1) is 12.7. The summed E-state index contributed by atoms with van der Waals surface area (Å²) in [6.45, 7) is 4.36. The smallest absolute Gasteiger partial charge is 0.161 e. The maximum Gasteiger partial charge on any atom is 0.161 e. The van der Waals surface area contributed by atoms with Crippen molar-refractivity contribution in [3.63, 3.8) is 0 Å². The number of aryl methyl sites for hydroxylation is 1. The first-order valence-corrected chi connectivity index (χ1v) is 9.32. The van der Waals surface area contributed by atoms with Crippen LogP contribution in [0.5, 0.6) is 11.5 Å². The first-order valence-electron chi connectivity index (χ1n) is 9.32. The van der Waals surface area contributed by atoms with Gasteiger partial charge in [-0.1, -0.05) is 13.0 Å². The standard InChI is InChI=1S/C20H29N3O3/c1-4-8-25-20-10-15(5-6-18(20)24-3)12-22-16-7-9-26-19(11-16)17-13-21-14-23(17)2/h5-6,10,13-14,16,19,22H,4,7-9,11-12H2,1-3H3. The summed E-state index contributed by atoms with van der Waals surface area (Å²) >= 11 is 0. The van der Waals surface area contributed by atoms with E-state index in [1.807, 2.05) is 30.2 Å². The second kappa shape index (κ2) is 9.05. The Hall–Kier alpha value is -2.05. The molecule has 2 atom stereocenters. The number of rotatable bonds is 8. The van der Waals surface area contributed by atoms with Crippen LogP contribution in [0.2, 0.25) is 0 Å². The van der Waals surface area contributed by atoms with E-state index >= 15 is 0 Å². The predicted octanol–water partition coefficient (Wildman–Crippen LogP) is 3.23. The van der Waals surface area contributed by atoms with E-state index in [4.69, 9.17) is 14.2 Å². The molecular formula is C20H29N3O3. The van der Waals surface area contributed by atoms with Crippen molar-refractivity contribution < 1.29 is 14.2 Å². The third-order valence-electron chi connectivity index (χ3n) is 4.75. The van der Waals surface area contributed by atoms with Crippen LogP contribution in [0.3, 0.4) is 0 Å². The molecule has 1 saturated heterocycles. The molecule has 2 aromatic rings. The molecule has 0 radical (unpaired) electrons. The summed E-state index contributed by atoms with van der Waals surface area (Å²) < 4.78 is 19.2. The number of hydrogen-bond acceptors (Lipinski definition) is 5. The zero-order valence-corrected chi connectivity index (χ0v) is 15.9. The van der Waals surface area contributed by atoms with Gasteiger partial charge in [-0.25, -0.2) is 4.98 Å². The van der Waals surface area contributed by atoms with Crippen molar-refractivity contribution in [3.8, 4) is 11.5 Å². The van der Waals surface area contributed by atoms with Gasteiger partial charge in [-0.15, -0.1) is 0 Å². The van der Waals surface area contributed by atoms with E-state index in [9.17, 15) is 0 Å². The van der Waals surface area contributed by atoms with Gasteiger partial charge in [0.2, 0.25) is 0 Å². The highest BCUT2D eigenvalue weighted by atomic mass is 16.5. The van der Waals surface area contributed by atoms with Crippen molar-refractivity contribution in [2.75, 3.05) is 20.3 Å². The Morgan fingerprint density at radius 3 is 2.96 bits per heavy atom. The highest BCUT2D eigenvalue weighted by molar-refractivity contribution is 5.43. The lowest BCUT2D eigenvalue weighted by Gasteiger charge is -2.30. The molecule has 1 aliphatic heterocycles. The molecule has 6 heteroatoms. The van der Waals surface area contributed by atoms with E-state index in [2.05, 4.69) is 29.4 Å². The quantitative estimate of drug-likeness (QED) is 0.784. The fourth-order valence-electron chi connectivity index (χ4n) is 3.28. The van der Waals surface area contributed by atoms with Gasteiger partial charge in [0.25, 0.3) is 0 Å². The molecule has 0 aliphatic carbocycles. The number of benzene rings is 1. The van der Waals surface area contributed by atoms with Crippen LogP contribution in [0.4, 0.5) is 0 Å². The van der Waals surface area contributed by atoms with E-state index in [1.165, 1.54) is 5.56 Å². The SMILES string of the molecule is CCCOc1cc(CNC2CCOC(c3cncn3C)C2)ccc1OC. The lowest BCUT2D eigenvalue weighted by Crippen LogP contribution is -2.36. The maximum absolute atomic E-state index is 5.94. The summed E-state index contributed by atoms with van der Waals surface area (Å²) in [6, 6.07) is 6.55. The van der Waals surface area contributed by atoms with Gasteiger partial charge in [0.05, 0.1) is 31.9 Å². The van der Waals surface area contributed by atoms with Crippen LogP contribution in [0, 0.1) is 0 Å². The Kier molecular flexibility index (Phi) is 6.52. The molecule has 2 heterocycles. The molecule has 0 bridgehead atoms. The van der Waals surface area contributed by atoms with Crippen LogP contribution >= 0.6 is 0 Å². The van der Waals surface area contributed by atoms with Crippen molar-refractivity contribution in [1.82, 2.24) is 14.9 Å². The lowest BCUT2D eigenvalue weighted by atomic mass is 10.0. The maximum atomic E-state index is 5.94. The van der Waals surface area contributed by atoms with Gasteiger partial charge in [-0.3, -0.25) is 0 Å². The molecule has 6 nitrogen and oxygen atoms in total. The average molecular weight is 359 g/mol. The number of nitrogens with zero attached hydrogens (tertiary/aromatic N) is 2. The van der Waals surface area contributed by atoms with Crippen LogP contribution in [-0.4, -0.2) is 35.9 Å². The van der Waals surface area contributed by atoms with E-state index in [1.54, 1.807) is 7.11 Å². The van der Waals surface area contributed by atoms with Gasteiger partial charge in [0.1, 0.15) is 6.10 Å². The number of methoxy groups -OCH3 is 1. The predicted molar refractivity (Wildman–Crippen MR) is 101 cm³/mol. The van der Waals surface area contributed by atoms with Crippen LogP contribution in [-0.2, 0) is 18.3 Å².